The molecule has 0 saturated heterocycles. The summed E-state index contributed by atoms with van der Waals surface area (Å²) in [5.41, 5.74) is 4.56. The second kappa shape index (κ2) is 7.29. The second-order valence-electron chi connectivity index (χ2n) is 4.24. The van der Waals surface area contributed by atoms with Gasteiger partial charge >= 0.3 is 0 Å². The molecule has 0 aliphatic carbocycles. The predicted molar refractivity (Wildman–Crippen MR) is 77.8 cm³/mol. The molecule has 0 aliphatic heterocycles. The summed E-state index contributed by atoms with van der Waals surface area (Å²) in [5, 5.41) is 2.88. The number of thiophene rings is 1. The van der Waals surface area contributed by atoms with Crippen LogP contribution < -0.4 is 11.1 Å². The first kappa shape index (κ1) is 15.7. The number of carbonyl (C=O) groups excluding carboxylic acids is 1. The highest BCUT2D eigenvalue weighted by Gasteiger charge is 2.30. The molecule has 3 N–H and O–H groups in total. The van der Waals surface area contributed by atoms with Gasteiger partial charge in [0.05, 0.1) is 18.0 Å². The zero-order valence-corrected chi connectivity index (χ0v) is 12.4. The lowest BCUT2D eigenvalue weighted by Crippen LogP contribution is -2.45. The Hall–Kier alpha value is -1.35. The minimum atomic E-state index is -0.764. The van der Waals surface area contributed by atoms with E-state index < -0.39 is 5.60 Å². The lowest BCUT2D eigenvalue weighted by molar-refractivity contribution is -0.141. The Morgan fingerprint density at radius 2 is 2.32 bits per heavy atom. The molecule has 1 atom stereocenters. The van der Waals surface area contributed by atoms with E-state index in [0.717, 1.165) is 9.75 Å². The van der Waals surface area contributed by atoms with Gasteiger partial charge in [0, 0.05) is 12.0 Å². The Bertz CT molecular complexity index is 481. The molecule has 104 valence electrons. The van der Waals surface area contributed by atoms with Gasteiger partial charge in [-0.25, -0.2) is 0 Å². The molecule has 1 aromatic rings. The second-order valence-corrected chi connectivity index (χ2v) is 5.41. The third kappa shape index (κ3) is 4.35. The number of carbonyl (C=O) groups is 1. The van der Waals surface area contributed by atoms with Crippen LogP contribution in [0.5, 0.6) is 0 Å². The molecule has 0 fully saturated rings. The van der Waals surface area contributed by atoms with E-state index in [0.29, 0.717) is 19.5 Å². The standard InChI is InChI=1S/C14H20N2O2S/c1-4-14(2,18-3)13(17)16-10-12-8-7-11(19-12)6-5-9-15/h7-8H,4,9-10,15H2,1-3H3,(H,16,17). The smallest absolute Gasteiger partial charge is 0.252 e. The summed E-state index contributed by atoms with van der Waals surface area (Å²) in [6.07, 6.45) is 0.632. The molecule has 4 nitrogen and oxygen atoms in total. The van der Waals surface area contributed by atoms with Crippen molar-refractivity contribution in [3.05, 3.63) is 21.9 Å². The van der Waals surface area contributed by atoms with Crippen molar-refractivity contribution in [2.45, 2.75) is 32.4 Å². The Labute approximate surface area is 118 Å². The molecule has 1 rings (SSSR count). The Balaban J connectivity index is 2.57. The molecule has 19 heavy (non-hydrogen) atoms. The van der Waals surface area contributed by atoms with Gasteiger partial charge in [-0.3, -0.25) is 4.79 Å². The topological polar surface area (TPSA) is 64.3 Å². The number of nitrogens with two attached hydrogens (primary N) is 1. The Morgan fingerprint density at radius 3 is 2.89 bits per heavy atom. The van der Waals surface area contributed by atoms with Crippen molar-refractivity contribution < 1.29 is 9.53 Å². The first-order chi connectivity index (χ1) is 9.05. The van der Waals surface area contributed by atoms with Crippen molar-refractivity contribution in [1.29, 1.82) is 0 Å². The number of hydrogen-bond donors (Lipinski definition) is 2. The summed E-state index contributed by atoms with van der Waals surface area (Å²) in [6, 6.07) is 3.89. The van der Waals surface area contributed by atoms with Crippen LogP contribution in [0.1, 0.15) is 30.0 Å². The monoisotopic (exact) mass is 280 g/mol. The summed E-state index contributed by atoms with van der Waals surface area (Å²) in [6.45, 7) is 4.56. The number of methoxy groups -OCH3 is 1. The average Bonchev–Trinajstić information content (AvgIpc) is 2.89. The first-order valence-corrected chi connectivity index (χ1v) is 6.98. The van der Waals surface area contributed by atoms with Crippen LogP contribution in [0, 0.1) is 11.8 Å². The van der Waals surface area contributed by atoms with E-state index in [9.17, 15) is 4.79 Å². The van der Waals surface area contributed by atoms with E-state index in [4.69, 9.17) is 10.5 Å². The fourth-order valence-electron chi connectivity index (χ4n) is 1.43. The minimum absolute atomic E-state index is 0.0968. The van der Waals surface area contributed by atoms with Gasteiger partial charge < -0.3 is 15.8 Å². The van der Waals surface area contributed by atoms with Gasteiger partial charge in [0.1, 0.15) is 5.60 Å². The van der Waals surface area contributed by atoms with Crippen LogP contribution in [-0.2, 0) is 16.1 Å². The van der Waals surface area contributed by atoms with Gasteiger partial charge in [0.15, 0.2) is 0 Å². The van der Waals surface area contributed by atoms with Crippen LogP contribution in [0.3, 0.4) is 0 Å². The molecule has 0 saturated carbocycles. The molecule has 0 radical (unpaired) electrons. The van der Waals surface area contributed by atoms with Gasteiger partial charge in [-0.1, -0.05) is 18.8 Å². The van der Waals surface area contributed by atoms with Crippen LogP contribution in [0.4, 0.5) is 0 Å². The van der Waals surface area contributed by atoms with Crippen molar-refractivity contribution in [3.63, 3.8) is 0 Å². The van der Waals surface area contributed by atoms with Crippen molar-refractivity contribution in [2.24, 2.45) is 5.73 Å². The van der Waals surface area contributed by atoms with Crippen molar-refractivity contribution in [2.75, 3.05) is 13.7 Å². The quantitative estimate of drug-likeness (QED) is 0.803. The molecule has 1 unspecified atom stereocenters. The Morgan fingerprint density at radius 1 is 1.58 bits per heavy atom. The molecule has 0 bridgehead atoms. The fourth-order valence-corrected chi connectivity index (χ4v) is 2.25. The van der Waals surface area contributed by atoms with Crippen molar-refractivity contribution in [3.8, 4) is 11.8 Å². The van der Waals surface area contributed by atoms with E-state index in [2.05, 4.69) is 17.2 Å². The number of amides is 1. The van der Waals surface area contributed by atoms with Gasteiger partial charge in [0.2, 0.25) is 0 Å². The molecular formula is C14H20N2O2S. The first-order valence-electron chi connectivity index (χ1n) is 6.16. The van der Waals surface area contributed by atoms with Gasteiger partial charge in [-0.2, -0.15) is 0 Å². The van der Waals surface area contributed by atoms with E-state index in [1.807, 2.05) is 19.1 Å². The maximum absolute atomic E-state index is 12.0. The van der Waals surface area contributed by atoms with E-state index in [-0.39, 0.29) is 5.91 Å². The number of rotatable bonds is 5. The zero-order chi connectivity index (χ0) is 14.3. The predicted octanol–water partition coefficient (Wildman–Crippen LogP) is 1.49. The summed E-state index contributed by atoms with van der Waals surface area (Å²) < 4.78 is 5.25. The summed E-state index contributed by atoms with van der Waals surface area (Å²) in [7, 11) is 1.55. The van der Waals surface area contributed by atoms with Gasteiger partial charge in [0.25, 0.3) is 5.91 Å². The van der Waals surface area contributed by atoms with Crippen molar-refractivity contribution in [1.82, 2.24) is 5.32 Å². The highest BCUT2D eigenvalue weighted by atomic mass is 32.1. The zero-order valence-electron chi connectivity index (χ0n) is 11.6. The molecule has 1 amide bonds. The fraction of sp³-hybridized carbons (Fsp3) is 0.500. The molecular weight excluding hydrogens is 260 g/mol. The summed E-state index contributed by atoms with van der Waals surface area (Å²) >= 11 is 1.56. The molecule has 0 aromatic carbocycles. The van der Waals surface area contributed by atoms with E-state index >= 15 is 0 Å². The van der Waals surface area contributed by atoms with E-state index in [1.165, 1.54) is 0 Å². The van der Waals surface area contributed by atoms with Crippen LogP contribution in [0.25, 0.3) is 0 Å². The maximum Gasteiger partial charge on any atom is 0.252 e. The average molecular weight is 280 g/mol. The van der Waals surface area contributed by atoms with Crippen LogP contribution in [-0.4, -0.2) is 25.2 Å². The molecule has 1 heterocycles. The number of hydrogen-bond acceptors (Lipinski definition) is 4. The molecule has 0 spiro atoms. The molecule has 1 aromatic heterocycles. The SMILES string of the molecule is CCC(C)(OC)C(=O)NCc1ccc(C#CCN)s1. The third-order valence-electron chi connectivity index (χ3n) is 3.00. The minimum Gasteiger partial charge on any atom is -0.369 e. The normalized spacial score (nSPS) is 13.3. The highest BCUT2D eigenvalue weighted by Crippen LogP contribution is 2.17. The van der Waals surface area contributed by atoms with Gasteiger partial charge in [-0.05, 0) is 25.5 Å². The largest absolute Gasteiger partial charge is 0.369 e. The van der Waals surface area contributed by atoms with Gasteiger partial charge in [-0.15, -0.1) is 11.3 Å². The van der Waals surface area contributed by atoms with Crippen LogP contribution >= 0.6 is 11.3 Å². The molecule has 5 heteroatoms. The third-order valence-corrected chi connectivity index (χ3v) is 4.00. The lowest BCUT2D eigenvalue weighted by atomic mass is 10.0. The highest BCUT2D eigenvalue weighted by molar-refractivity contribution is 7.12. The Kier molecular flexibility index (Phi) is 6.03. The lowest BCUT2D eigenvalue weighted by Gasteiger charge is -2.24. The van der Waals surface area contributed by atoms with Crippen LogP contribution in [0.2, 0.25) is 0 Å². The number of ether oxygens (including phenoxy) is 1. The van der Waals surface area contributed by atoms with Crippen LogP contribution in [0.15, 0.2) is 12.1 Å². The van der Waals surface area contributed by atoms with E-state index in [1.54, 1.807) is 25.4 Å². The maximum atomic E-state index is 12.0. The number of nitrogens with one attached hydrogen (secondary N) is 1. The summed E-state index contributed by atoms with van der Waals surface area (Å²) in [4.78, 5) is 14.0. The van der Waals surface area contributed by atoms with Crippen molar-refractivity contribution >= 4 is 17.2 Å². The summed E-state index contributed by atoms with van der Waals surface area (Å²) in [5.74, 6) is 5.68. The molecule has 0 aliphatic rings.